The smallest absolute Gasteiger partial charge is 0.358 e. The quantitative estimate of drug-likeness (QED) is 0.867. The molecule has 0 unspecified atom stereocenters. The summed E-state index contributed by atoms with van der Waals surface area (Å²) in [5.74, 6) is -0.418. The fourth-order valence-electron chi connectivity index (χ4n) is 1.50. The largest absolute Gasteiger partial charge is 0.464 e. The van der Waals surface area contributed by atoms with Crippen LogP contribution in [0.4, 0.5) is 10.2 Å². The number of hydrogen-bond acceptors (Lipinski definition) is 5. The Morgan fingerprint density at radius 2 is 2.15 bits per heavy atom. The van der Waals surface area contributed by atoms with E-state index in [1.807, 2.05) is 0 Å². The summed E-state index contributed by atoms with van der Waals surface area (Å²) < 4.78 is 18.8. The van der Waals surface area contributed by atoms with Gasteiger partial charge in [-0.15, -0.1) is 10.2 Å². The number of rotatable bonds is 4. The van der Waals surface area contributed by atoms with Crippen LogP contribution in [0.5, 0.6) is 0 Å². The Hall–Kier alpha value is -2.02. The molecule has 0 fully saturated rings. The minimum Gasteiger partial charge on any atom is -0.464 e. The van der Waals surface area contributed by atoms with Crippen LogP contribution in [0, 0.1) is 5.82 Å². The Bertz CT molecular complexity index is 620. The summed E-state index contributed by atoms with van der Waals surface area (Å²) in [6.07, 6.45) is 0. The standard InChI is InChI=1S/C13H11BrFN3O2/c1-20-13(19)11-4-5-12(18-17-11)16-7-8-6-9(14)2-3-10(8)15/h2-6H,7H2,1H3,(H,16,18). The first-order valence-electron chi connectivity index (χ1n) is 5.70. The molecule has 0 radical (unpaired) electrons. The van der Waals surface area contributed by atoms with Crippen molar-refractivity contribution in [1.29, 1.82) is 0 Å². The van der Waals surface area contributed by atoms with E-state index in [1.54, 1.807) is 18.2 Å². The molecule has 2 rings (SSSR count). The third-order valence-electron chi connectivity index (χ3n) is 2.53. The molecule has 104 valence electrons. The van der Waals surface area contributed by atoms with E-state index in [-0.39, 0.29) is 18.1 Å². The maximum atomic E-state index is 13.5. The molecule has 0 aliphatic heterocycles. The van der Waals surface area contributed by atoms with Crippen LogP contribution in [0.2, 0.25) is 0 Å². The Morgan fingerprint density at radius 1 is 1.35 bits per heavy atom. The van der Waals surface area contributed by atoms with Gasteiger partial charge in [-0.05, 0) is 30.3 Å². The number of anilines is 1. The van der Waals surface area contributed by atoms with E-state index in [0.29, 0.717) is 11.4 Å². The average molecular weight is 340 g/mol. The summed E-state index contributed by atoms with van der Waals surface area (Å²) in [5.41, 5.74) is 0.616. The zero-order chi connectivity index (χ0) is 14.5. The van der Waals surface area contributed by atoms with Gasteiger partial charge in [0.1, 0.15) is 11.6 Å². The van der Waals surface area contributed by atoms with Crippen molar-refractivity contribution >= 4 is 27.7 Å². The van der Waals surface area contributed by atoms with Crippen molar-refractivity contribution in [3.8, 4) is 0 Å². The summed E-state index contributed by atoms with van der Waals surface area (Å²) in [5, 5.41) is 10.5. The number of benzene rings is 1. The molecule has 5 nitrogen and oxygen atoms in total. The minimum atomic E-state index is -0.554. The summed E-state index contributed by atoms with van der Waals surface area (Å²) in [6.45, 7) is 0.261. The first kappa shape index (κ1) is 14.4. The molecule has 0 aliphatic rings. The Morgan fingerprint density at radius 3 is 2.80 bits per heavy atom. The van der Waals surface area contributed by atoms with E-state index in [2.05, 4.69) is 36.2 Å². The van der Waals surface area contributed by atoms with Crippen LogP contribution in [0.25, 0.3) is 0 Å². The van der Waals surface area contributed by atoms with Crippen LogP contribution in [0.1, 0.15) is 16.1 Å². The number of nitrogens with one attached hydrogen (secondary N) is 1. The van der Waals surface area contributed by atoms with Crippen LogP contribution in [-0.4, -0.2) is 23.3 Å². The second kappa shape index (κ2) is 6.42. The number of nitrogens with zero attached hydrogens (tertiary/aromatic N) is 2. The SMILES string of the molecule is COC(=O)c1ccc(NCc2cc(Br)ccc2F)nn1. The third-order valence-corrected chi connectivity index (χ3v) is 3.02. The van der Waals surface area contributed by atoms with Crippen LogP contribution in [0.3, 0.4) is 0 Å². The minimum absolute atomic E-state index is 0.117. The van der Waals surface area contributed by atoms with Gasteiger partial charge in [0.05, 0.1) is 7.11 Å². The van der Waals surface area contributed by atoms with Crippen molar-refractivity contribution in [1.82, 2.24) is 10.2 Å². The Balaban J connectivity index is 2.04. The molecule has 20 heavy (non-hydrogen) atoms. The normalized spacial score (nSPS) is 10.2. The molecular weight excluding hydrogens is 329 g/mol. The molecule has 0 saturated carbocycles. The number of carbonyl (C=O) groups is 1. The maximum absolute atomic E-state index is 13.5. The van der Waals surface area contributed by atoms with E-state index >= 15 is 0 Å². The first-order valence-corrected chi connectivity index (χ1v) is 6.49. The van der Waals surface area contributed by atoms with E-state index in [0.717, 1.165) is 4.47 Å². The van der Waals surface area contributed by atoms with Crippen molar-refractivity contribution < 1.29 is 13.9 Å². The topological polar surface area (TPSA) is 64.1 Å². The van der Waals surface area contributed by atoms with Crippen LogP contribution in [0.15, 0.2) is 34.8 Å². The summed E-state index contributed by atoms with van der Waals surface area (Å²) in [6, 6.07) is 7.75. The van der Waals surface area contributed by atoms with E-state index in [9.17, 15) is 9.18 Å². The second-order valence-corrected chi connectivity index (χ2v) is 4.80. The third kappa shape index (κ3) is 3.51. The molecule has 0 aliphatic carbocycles. The molecule has 0 spiro atoms. The molecule has 0 bridgehead atoms. The van der Waals surface area contributed by atoms with Gasteiger partial charge in [0.25, 0.3) is 0 Å². The lowest BCUT2D eigenvalue weighted by atomic mass is 10.2. The highest BCUT2D eigenvalue weighted by atomic mass is 79.9. The molecule has 1 N–H and O–H groups in total. The van der Waals surface area contributed by atoms with Gasteiger partial charge in [0.15, 0.2) is 5.69 Å². The average Bonchev–Trinajstić information content (AvgIpc) is 2.48. The monoisotopic (exact) mass is 339 g/mol. The number of ether oxygens (including phenoxy) is 1. The zero-order valence-electron chi connectivity index (χ0n) is 10.6. The molecule has 1 aromatic heterocycles. The molecule has 1 aromatic carbocycles. The fraction of sp³-hybridized carbons (Fsp3) is 0.154. The number of halogens is 2. The van der Waals surface area contributed by atoms with Crippen LogP contribution >= 0.6 is 15.9 Å². The Labute approximate surface area is 123 Å². The van der Waals surface area contributed by atoms with Gasteiger partial charge in [-0.25, -0.2) is 9.18 Å². The Kier molecular flexibility index (Phi) is 4.62. The lowest BCUT2D eigenvalue weighted by Crippen LogP contribution is -2.08. The number of carbonyl (C=O) groups excluding carboxylic acids is 1. The van der Waals surface area contributed by atoms with Gasteiger partial charge in [-0.1, -0.05) is 15.9 Å². The lowest BCUT2D eigenvalue weighted by Gasteiger charge is -2.07. The van der Waals surface area contributed by atoms with Gasteiger partial charge in [-0.2, -0.15) is 0 Å². The fourth-order valence-corrected chi connectivity index (χ4v) is 1.91. The highest BCUT2D eigenvalue weighted by Crippen LogP contribution is 2.16. The van der Waals surface area contributed by atoms with Crippen molar-refractivity contribution in [2.24, 2.45) is 0 Å². The predicted octanol–water partition coefficient (Wildman–Crippen LogP) is 2.78. The molecule has 1 heterocycles. The molecular formula is C13H11BrFN3O2. The van der Waals surface area contributed by atoms with Crippen molar-refractivity contribution in [3.05, 3.63) is 51.9 Å². The molecule has 0 saturated heterocycles. The van der Waals surface area contributed by atoms with Gasteiger partial charge >= 0.3 is 5.97 Å². The van der Waals surface area contributed by atoms with Gasteiger partial charge in [-0.3, -0.25) is 0 Å². The number of aromatic nitrogens is 2. The molecule has 2 aromatic rings. The van der Waals surface area contributed by atoms with Crippen molar-refractivity contribution in [2.45, 2.75) is 6.54 Å². The van der Waals surface area contributed by atoms with Gasteiger partial charge in [0, 0.05) is 16.6 Å². The zero-order valence-corrected chi connectivity index (χ0v) is 12.1. The summed E-state index contributed by atoms with van der Waals surface area (Å²) in [4.78, 5) is 11.2. The van der Waals surface area contributed by atoms with Crippen LogP contribution < -0.4 is 5.32 Å². The number of esters is 1. The number of methoxy groups -OCH3 is 1. The molecule has 0 amide bonds. The second-order valence-electron chi connectivity index (χ2n) is 3.88. The van der Waals surface area contributed by atoms with E-state index in [1.165, 1.54) is 19.2 Å². The van der Waals surface area contributed by atoms with Gasteiger partial charge < -0.3 is 10.1 Å². The van der Waals surface area contributed by atoms with E-state index in [4.69, 9.17) is 0 Å². The van der Waals surface area contributed by atoms with Gasteiger partial charge in [0.2, 0.25) is 0 Å². The summed E-state index contributed by atoms with van der Waals surface area (Å²) >= 11 is 3.28. The lowest BCUT2D eigenvalue weighted by molar-refractivity contribution is 0.0593. The van der Waals surface area contributed by atoms with Crippen molar-refractivity contribution in [2.75, 3.05) is 12.4 Å². The van der Waals surface area contributed by atoms with Crippen molar-refractivity contribution in [3.63, 3.8) is 0 Å². The highest BCUT2D eigenvalue weighted by molar-refractivity contribution is 9.10. The van der Waals surface area contributed by atoms with Crippen LogP contribution in [-0.2, 0) is 11.3 Å². The predicted molar refractivity (Wildman–Crippen MR) is 74.8 cm³/mol. The highest BCUT2D eigenvalue weighted by Gasteiger charge is 2.08. The molecule has 7 heteroatoms. The first-order chi connectivity index (χ1) is 9.60. The summed E-state index contributed by atoms with van der Waals surface area (Å²) in [7, 11) is 1.27. The van der Waals surface area contributed by atoms with E-state index < -0.39 is 5.97 Å². The molecule has 0 atom stereocenters. The number of hydrogen-bond donors (Lipinski definition) is 1. The maximum Gasteiger partial charge on any atom is 0.358 e.